The molecule has 19 heavy (non-hydrogen) atoms. The van der Waals surface area contributed by atoms with Gasteiger partial charge >= 0.3 is 0 Å². The van der Waals surface area contributed by atoms with E-state index in [4.69, 9.17) is 0 Å². The fraction of sp³-hybridized carbons (Fsp3) is 0.438. The molecule has 2 aromatic rings. The first-order valence-corrected chi connectivity index (χ1v) is 6.87. The van der Waals surface area contributed by atoms with Crippen molar-refractivity contribution in [1.29, 1.82) is 0 Å². The molecule has 0 unspecified atom stereocenters. The van der Waals surface area contributed by atoms with Gasteiger partial charge in [-0.1, -0.05) is 38.1 Å². The van der Waals surface area contributed by atoms with Crippen LogP contribution in [-0.2, 0) is 13.1 Å². The number of benzene rings is 1. The molecule has 0 saturated heterocycles. The molecule has 0 atom stereocenters. The molecule has 0 aliphatic rings. The van der Waals surface area contributed by atoms with E-state index in [2.05, 4.69) is 66.2 Å². The highest BCUT2D eigenvalue weighted by Crippen LogP contribution is 2.09. The van der Waals surface area contributed by atoms with Gasteiger partial charge in [-0.3, -0.25) is 4.68 Å². The second-order valence-corrected chi connectivity index (χ2v) is 5.44. The van der Waals surface area contributed by atoms with Gasteiger partial charge < -0.3 is 5.32 Å². The SMILES string of the molecule is Cc1cc(C)n(Cc2ccc(CNC(C)C)cc2)n1. The normalized spacial score (nSPS) is 11.2. The second kappa shape index (κ2) is 6.02. The molecule has 0 spiro atoms. The molecule has 3 heteroatoms. The second-order valence-electron chi connectivity index (χ2n) is 5.44. The largest absolute Gasteiger partial charge is 0.310 e. The highest BCUT2D eigenvalue weighted by atomic mass is 15.3. The summed E-state index contributed by atoms with van der Waals surface area (Å²) in [6.45, 7) is 10.2. The van der Waals surface area contributed by atoms with Gasteiger partial charge in [-0.25, -0.2) is 0 Å². The highest BCUT2D eigenvalue weighted by Gasteiger charge is 2.02. The zero-order valence-electron chi connectivity index (χ0n) is 12.3. The molecule has 1 heterocycles. The fourth-order valence-electron chi connectivity index (χ4n) is 2.09. The maximum absolute atomic E-state index is 4.49. The lowest BCUT2D eigenvalue weighted by molar-refractivity contribution is 0.588. The summed E-state index contributed by atoms with van der Waals surface area (Å²) < 4.78 is 2.05. The summed E-state index contributed by atoms with van der Waals surface area (Å²) >= 11 is 0. The third-order valence-electron chi connectivity index (χ3n) is 3.17. The van der Waals surface area contributed by atoms with Crippen molar-refractivity contribution in [3.63, 3.8) is 0 Å². The van der Waals surface area contributed by atoms with Crippen molar-refractivity contribution in [2.75, 3.05) is 0 Å². The van der Waals surface area contributed by atoms with Crippen molar-refractivity contribution in [2.45, 2.75) is 46.8 Å². The molecule has 1 aromatic heterocycles. The van der Waals surface area contributed by atoms with Crippen molar-refractivity contribution < 1.29 is 0 Å². The van der Waals surface area contributed by atoms with Crippen molar-refractivity contribution in [3.05, 3.63) is 52.8 Å². The number of aryl methyl sites for hydroxylation is 2. The van der Waals surface area contributed by atoms with E-state index in [0.717, 1.165) is 18.8 Å². The minimum absolute atomic E-state index is 0.523. The van der Waals surface area contributed by atoms with Crippen LogP contribution in [0.15, 0.2) is 30.3 Å². The molecule has 0 amide bonds. The van der Waals surface area contributed by atoms with Crippen molar-refractivity contribution in [3.8, 4) is 0 Å². The van der Waals surface area contributed by atoms with E-state index in [9.17, 15) is 0 Å². The van der Waals surface area contributed by atoms with Crippen LogP contribution >= 0.6 is 0 Å². The number of hydrogen-bond acceptors (Lipinski definition) is 2. The van der Waals surface area contributed by atoms with Crippen LogP contribution in [0.4, 0.5) is 0 Å². The van der Waals surface area contributed by atoms with E-state index in [-0.39, 0.29) is 0 Å². The predicted octanol–water partition coefficient (Wildman–Crippen LogP) is 3.05. The molecule has 1 aromatic carbocycles. The molecular formula is C16H23N3. The van der Waals surface area contributed by atoms with Gasteiger partial charge in [0, 0.05) is 18.3 Å². The number of aromatic nitrogens is 2. The van der Waals surface area contributed by atoms with Crippen molar-refractivity contribution >= 4 is 0 Å². The zero-order valence-corrected chi connectivity index (χ0v) is 12.3. The number of nitrogens with one attached hydrogen (secondary N) is 1. The molecule has 0 bridgehead atoms. The average Bonchev–Trinajstić information content (AvgIpc) is 2.67. The Morgan fingerprint density at radius 1 is 1.11 bits per heavy atom. The van der Waals surface area contributed by atoms with Crippen LogP contribution in [0.3, 0.4) is 0 Å². The molecule has 0 fully saturated rings. The third kappa shape index (κ3) is 3.93. The molecule has 0 radical (unpaired) electrons. The summed E-state index contributed by atoms with van der Waals surface area (Å²) in [6, 6.07) is 11.4. The van der Waals surface area contributed by atoms with Gasteiger partial charge in [-0.05, 0) is 31.0 Å². The van der Waals surface area contributed by atoms with E-state index in [0.29, 0.717) is 6.04 Å². The molecule has 3 nitrogen and oxygen atoms in total. The molecule has 0 aliphatic heterocycles. The quantitative estimate of drug-likeness (QED) is 0.892. The Morgan fingerprint density at radius 3 is 2.26 bits per heavy atom. The lowest BCUT2D eigenvalue weighted by atomic mass is 10.1. The molecule has 2 rings (SSSR count). The topological polar surface area (TPSA) is 29.9 Å². The molecule has 0 saturated carbocycles. The molecule has 1 N–H and O–H groups in total. The van der Waals surface area contributed by atoms with Crippen molar-refractivity contribution in [1.82, 2.24) is 15.1 Å². The van der Waals surface area contributed by atoms with Gasteiger partial charge in [-0.2, -0.15) is 5.10 Å². The average molecular weight is 257 g/mol. The summed E-state index contributed by atoms with van der Waals surface area (Å²) in [5, 5.41) is 7.92. The molecular weight excluding hydrogens is 234 g/mol. The van der Waals surface area contributed by atoms with Crippen LogP contribution in [-0.4, -0.2) is 15.8 Å². The Morgan fingerprint density at radius 2 is 1.74 bits per heavy atom. The summed E-state index contributed by atoms with van der Waals surface area (Å²) in [6.07, 6.45) is 0. The first-order valence-electron chi connectivity index (χ1n) is 6.87. The van der Waals surface area contributed by atoms with Gasteiger partial charge in [0.25, 0.3) is 0 Å². The van der Waals surface area contributed by atoms with Crippen LogP contribution in [0.1, 0.15) is 36.4 Å². The van der Waals surface area contributed by atoms with E-state index in [1.54, 1.807) is 0 Å². The summed E-state index contributed by atoms with van der Waals surface area (Å²) in [4.78, 5) is 0. The highest BCUT2D eigenvalue weighted by molar-refractivity contribution is 5.23. The monoisotopic (exact) mass is 257 g/mol. The zero-order chi connectivity index (χ0) is 13.8. The minimum Gasteiger partial charge on any atom is -0.310 e. The minimum atomic E-state index is 0.523. The Balaban J connectivity index is 2.00. The lowest BCUT2D eigenvalue weighted by Crippen LogP contribution is -2.21. The van der Waals surface area contributed by atoms with E-state index < -0.39 is 0 Å². The van der Waals surface area contributed by atoms with Crippen LogP contribution in [0.25, 0.3) is 0 Å². The van der Waals surface area contributed by atoms with Crippen LogP contribution in [0.2, 0.25) is 0 Å². The first kappa shape index (κ1) is 13.8. The van der Waals surface area contributed by atoms with Crippen LogP contribution in [0.5, 0.6) is 0 Å². The van der Waals surface area contributed by atoms with Gasteiger partial charge in [-0.15, -0.1) is 0 Å². The maximum Gasteiger partial charge on any atom is 0.0662 e. The Kier molecular flexibility index (Phi) is 4.38. The molecule has 102 valence electrons. The Labute approximate surface area is 115 Å². The summed E-state index contributed by atoms with van der Waals surface area (Å²) in [7, 11) is 0. The van der Waals surface area contributed by atoms with Gasteiger partial charge in [0.15, 0.2) is 0 Å². The number of nitrogens with zero attached hydrogens (tertiary/aromatic N) is 2. The smallest absolute Gasteiger partial charge is 0.0662 e. The summed E-state index contributed by atoms with van der Waals surface area (Å²) in [5.74, 6) is 0. The van der Waals surface area contributed by atoms with Crippen LogP contribution in [0, 0.1) is 13.8 Å². The van der Waals surface area contributed by atoms with Crippen molar-refractivity contribution in [2.24, 2.45) is 0 Å². The van der Waals surface area contributed by atoms with Gasteiger partial charge in [0.1, 0.15) is 0 Å². The van der Waals surface area contributed by atoms with Gasteiger partial charge in [0.05, 0.1) is 12.2 Å². The first-order chi connectivity index (χ1) is 9.04. The van der Waals surface area contributed by atoms with Crippen LogP contribution < -0.4 is 5.32 Å². The number of hydrogen-bond donors (Lipinski definition) is 1. The summed E-state index contributed by atoms with van der Waals surface area (Å²) in [5.41, 5.74) is 4.91. The Bertz CT molecular complexity index is 523. The van der Waals surface area contributed by atoms with E-state index in [1.807, 2.05) is 6.92 Å². The van der Waals surface area contributed by atoms with E-state index >= 15 is 0 Å². The Hall–Kier alpha value is -1.61. The standard InChI is InChI=1S/C16H23N3/c1-12(2)17-10-15-5-7-16(8-6-15)11-19-14(4)9-13(3)18-19/h5-9,12,17H,10-11H2,1-4H3. The van der Waals surface area contributed by atoms with E-state index in [1.165, 1.54) is 16.8 Å². The third-order valence-corrected chi connectivity index (χ3v) is 3.17. The maximum atomic E-state index is 4.49. The number of rotatable bonds is 5. The predicted molar refractivity (Wildman–Crippen MR) is 79.2 cm³/mol. The lowest BCUT2D eigenvalue weighted by Gasteiger charge is -2.09. The molecule has 0 aliphatic carbocycles. The fourth-order valence-corrected chi connectivity index (χ4v) is 2.09. The van der Waals surface area contributed by atoms with Gasteiger partial charge in [0.2, 0.25) is 0 Å².